The predicted molar refractivity (Wildman–Crippen MR) is 75.3 cm³/mol. The van der Waals surface area contributed by atoms with E-state index in [-0.39, 0.29) is 5.91 Å². The molecule has 3 N–H and O–H groups in total. The van der Waals surface area contributed by atoms with Gasteiger partial charge in [0.25, 0.3) is 0 Å². The number of aromatic amines is 1. The van der Waals surface area contributed by atoms with Gasteiger partial charge >= 0.3 is 5.97 Å². The molecule has 1 fully saturated rings. The summed E-state index contributed by atoms with van der Waals surface area (Å²) < 4.78 is 0. The third-order valence-electron chi connectivity index (χ3n) is 4.20. The Balaban J connectivity index is 1.78. The van der Waals surface area contributed by atoms with Gasteiger partial charge in [0.2, 0.25) is 5.91 Å². The van der Waals surface area contributed by atoms with Crippen LogP contribution in [-0.2, 0) is 9.59 Å². The van der Waals surface area contributed by atoms with Crippen molar-refractivity contribution in [2.45, 2.75) is 13.8 Å². The molecule has 0 radical (unpaired) electrons. The molecule has 104 valence electrons. The summed E-state index contributed by atoms with van der Waals surface area (Å²) in [6.07, 6.45) is 1.83. The van der Waals surface area contributed by atoms with Crippen LogP contribution in [0.4, 0.5) is 5.69 Å². The first kappa shape index (κ1) is 12.7. The van der Waals surface area contributed by atoms with Gasteiger partial charge in [-0.05, 0) is 29.7 Å². The third kappa shape index (κ3) is 1.86. The lowest BCUT2D eigenvalue weighted by Crippen LogP contribution is -2.17. The Morgan fingerprint density at radius 3 is 2.65 bits per heavy atom. The highest BCUT2D eigenvalue weighted by Crippen LogP contribution is 2.58. The number of aliphatic carboxylic acids is 1. The smallest absolute Gasteiger partial charge is 0.307 e. The maximum Gasteiger partial charge on any atom is 0.307 e. The molecule has 2 unspecified atom stereocenters. The number of carboxylic acid groups (broad SMARTS) is 1. The third-order valence-corrected chi connectivity index (χ3v) is 4.20. The van der Waals surface area contributed by atoms with Crippen LogP contribution in [0.15, 0.2) is 30.5 Å². The normalized spacial score (nSPS) is 23.5. The molecule has 1 aromatic heterocycles. The van der Waals surface area contributed by atoms with Crippen molar-refractivity contribution in [2.24, 2.45) is 17.3 Å². The highest BCUT2D eigenvalue weighted by atomic mass is 16.4. The fraction of sp³-hybridized carbons (Fsp3) is 0.333. The molecule has 2 aromatic rings. The van der Waals surface area contributed by atoms with Crippen LogP contribution in [0, 0.1) is 17.3 Å². The first-order valence-corrected chi connectivity index (χ1v) is 6.52. The largest absolute Gasteiger partial charge is 0.481 e. The second-order valence-electron chi connectivity index (χ2n) is 5.88. The van der Waals surface area contributed by atoms with Gasteiger partial charge in [-0.2, -0.15) is 0 Å². The van der Waals surface area contributed by atoms with Crippen molar-refractivity contribution in [1.82, 2.24) is 4.98 Å². The minimum Gasteiger partial charge on any atom is -0.481 e. The van der Waals surface area contributed by atoms with E-state index in [1.54, 1.807) is 0 Å². The fourth-order valence-electron chi connectivity index (χ4n) is 2.94. The van der Waals surface area contributed by atoms with Crippen molar-refractivity contribution in [1.29, 1.82) is 0 Å². The molecule has 2 atom stereocenters. The number of aromatic nitrogens is 1. The zero-order chi connectivity index (χ0) is 14.5. The second-order valence-corrected chi connectivity index (χ2v) is 5.88. The van der Waals surface area contributed by atoms with Crippen molar-refractivity contribution < 1.29 is 14.7 Å². The van der Waals surface area contributed by atoms with Crippen molar-refractivity contribution in [3.8, 4) is 0 Å². The van der Waals surface area contributed by atoms with E-state index in [9.17, 15) is 9.59 Å². The first-order chi connectivity index (χ1) is 9.41. The van der Waals surface area contributed by atoms with Gasteiger partial charge in [0.1, 0.15) is 0 Å². The van der Waals surface area contributed by atoms with E-state index in [0.29, 0.717) is 5.69 Å². The van der Waals surface area contributed by atoms with Gasteiger partial charge in [0, 0.05) is 22.8 Å². The number of rotatable bonds is 3. The predicted octanol–water partition coefficient (Wildman–Crippen LogP) is 2.46. The number of carbonyl (C=O) groups is 2. The number of amides is 1. The van der Waals surface area contributed by atoms with Crippen LogP contribution >= 0.6 is 0 Å². The maximum atomic E-state index is 12.2. The Kier molecular flexibility index (Phi) is 2.61. The Morgan fingerprint density at radius 2 is 2.00 bits per heavy atom. The van der Waals surface area contributed by atoms with Crippen LogP contribution in [0.25, 0.3) is 10.9 Å². The van der Waals surface area contributed by atoms with Gasteiger partial charge in [-0.25, -0.2) is 0 Å². The quantitative estimate of drug-likeness (QED) is 0.802. The molecule has 1 amide bonds. The second kappa shape index (κ2) is 4.10. The van der Waals surface area contributed by atoms with Crippen LogP contribution in [0.2, 0.25) is 0 Å². The van der Waals surface area contributed by atoms with Crippen LogP contribution in [-0.4, -0.2) is 22.0 Å². The number of hydrogen-bond donors (Lipinski definition) is 3. The van der Waals surface area contributed by atoms with Crippen molar-refractivity contribution in [2.75, 3.05) is 5.32 Å². The SMILES string of the molecule is CC1(C)C(C(=O)O)C1C(=O)Nc1ccc2[nH]ccc2c1. The monoisotopic (exact) mass is 272 g/mol. The van der Waals surface area contributed by atoms with Crippen LogP contribution in [0.1, 0.15) is 13.8 Å². The van der Waals surface area contributed by atoms with Crippen LogP contribution in [0.5, 0.6) is 0 Å². The highest BCUT2D eigenvalue weighted by molar-refractivity contribution is 6.00. The van der Waals surface area contributed by atoms with Gasteiger partial charge in [-0.15, -0.1) is 0 Å². The molecule has 5 nitrogen and oxygen atoms in total. The number of carboxylic acids is 1. The van der Waals surface area contributed by atoms with Crippen LogP contribution < -0.4 is 5.32 Å². The standard InChI is InChI=1S/C15H16N2O3/c1-15(2)11(12(15)14(19)20)13(18)17-9-3-4-10-8(7-9)5-6-16-10/h3-7,11-12,16H,1-2H3,(H,17,18)(H,19,20). The van der Waals surface area contributed by atoms with Crippen LogP contribution in [0.3, 0.4) is 0 Å². The van der Waals surface area contributed by atoms with E-state index in [1.807, 2.05) is 44.3 Å². The summed E-state index contributed by atoms with van der Waals surface area (Å²) in [5.74, 6) is -2.20. The number of H-pyrrole nitrogens is 1. The number of anilines is 1. The topological polar surface area (TPSA) is 82.2 Å². The van der Waals surface area contributed by atoms with Gasteiger partial charge in [0.15, 0.2) is 0 Å². The average Bonchev–Trinajstić information content (AvgIpc) is 2.73. The molecule has 1 aromatic carbocycles. The van der Waals surface area contributed by atoms with E-state index in [1.165, 1.54) is 0 Å². The number of nitrogens with one attached hydrogen (secondary N) is 2. The summed E-state index contributed by atoms with van der Waals surface area (Å²) in [7, 11) is 0. The zero-order valence-corrected chi connectivity index (χ0v) is 11.3. The molecule has 0 aliphatic heterocycles. The van der Waals surface area contributed by atoms with E-state index in [4.69, 9.17) is 5.11 Å². The number of fused-ring (bicyclic) bond motifs is 1. The molecule has 0 saturated heterocycles. The van der Waals surface area contributed by atoms with Gasteiger partial charge in [-0.1, -0.05) is 13.8 Å². The lowest BCUT2D eigenvalue weighted by Gasteiger charge is -2.06. The molecular weight excluding hydrogens is 256 g/mol. The summed E-state index contributed by atoms with van der Waals surface area (Å²) in [6, 6.07) is 7.49. The van der Waals surface area contributed by atoms with E-state index in [0.717, 1.165) is 10.9 Å². The number of hydrogen-bond acceptors (Lipinski definition) is 2. The Morgan fingerprint density at radius 1 is 1.25 bits per heavy atom. The highest BCUT2D eigenvalue weighted by Gasteiger charge is 2.65. The summed E-state index contributed by atoms with van der Waals surface area (Å²) in [5, 5.41) is 12.9. The van der Waals surface area contributed by atoms with Crippen molar-refractivity contribution in [3.63, 3.8) is 0 Å². The lowest BCUT2D eigenvalue weighted by atomic mass is 10.1. The van der Waals surface area contributed by atoms with Crippen molar-refractivity contribution >= 4 is 28.5 Å². The summed E-state index contributed by atoms with van der Waals surface area (Å²) in [4.78, 5) is 26.4. The maximum absolute atomic E-state index is 12.2. The minimum atomic E-state index is -0.906. The molecule has 3 rings (SSSR count). The summed E-state index contributed by atoms with van der Waals surface area (Å²) in [6.45, 7) is 3.62. The first-order valence-electron chi connectivity index (χ1n) is 6.52. The molecule has 20 heavy (non-hydrogen) atoms. The molecule has 1 aliphatic carbocycles. The van der Waals surface area contributed by atoms with E-state index in [2.05, 4.69) is 10.3 Å². The van der Waals surface area contributed by atoms with Gasteiger partial charge in [-0.3, -0.25) is 9.59 Å². The van der Waals surface area contributed by atoms with E-state index < -0.39 is 23.2 Å². The minimum absolute atomic E-state index is 0.225. The zero-order valence-electron chi connectivity index (χ0n) is 11.3. The lowest BCUT2D eigenvalue weighted by molar-refractivity contribution is -0.140. The fourth-order valence-corrected chi connectivity index (χ4v) is 2.94. The average molecular weight is 272 g/mol. The molecular formula is C15H16N2O3. The molecule has 1 heterocycles. The molecule has 0 bridgehead atoms. The van der Waals surface area contributed by atoms with Gasteiger partial charge < -0.3 is 15.4 Å². The Labute approximate surface area is 116 Å². The molecule has 1 aliphatic rings. The number of benzene rings is 1. The van der Waals surface area contributed by atoms with E-state index >= 15 is 0 Å². The summed E-state index contributed by atoms with van der Waals surface area (Å²) >= 11 is 0. The van der Waals surface area contributed by atoms with Crippen molar-refractivity contribution in [3.05, 3.63) is 30.5 Å². The Bertz CT molecular complexity index is 702. The van der Waals surface area contributed by atoms with Gasteiger partial charge in [0.05, 0.1) is 11.8 Å². The summed E-state index contributed by atoms with van der Waals surface area (Å²) in [5.41, 5.74) is 1.21. The number of carbonyl (C=O) groups excluding carboxylic acids is 1. The Hall–Kier alpha value is -2.30. The molecule has 1 saturated carbocycles. The molecule has 0 spiro atoms. The molecule has 5 heteroatoms.